The maximum absolute atomic E-state index is 12.4. The van der Waals surface area contributed by atoms with E-state index in [-0.39, 0.29) is 11.4 Å². The number of hydrogen-bond donors (Lipinski definition) is 1. The number of nitrogens with one attached hydrogen (secondary N) is 1. The summed E-state index contributed by atoms with van der Waals surface area (Å²) in [4.78, 5) is -0.168. The molecule has 0 amide bonds. The molecule has 154 valence electrons. The van der Waals surface area contributed by atoms with E-state index in [1.807, 2.05) is 32.9 Å². The summed E-state index contributed by atoms with van der Waals surface area (Å²) in [5, 5.41) is 0. The van der Waals surface area contributed by atoms with E-state index in [0.29, 0.717) is 23.8 Å². The summed E-state index contributed by atoms with van der Waals surface area (Å²) in [6, 6.07) is 9.44. The van der Waals surface area contributed by atoms with Crippen LogP contribution in [0.3, 0.4) is 0 Å². The number of halogens is 3. The maximum Gasteiger partial charge on any atom is 0.573 e. The molecule has 0 fully saturated rings. The van der Waals surface area contributed by atoms with Crippen LogP contribution in [0.5, 0.6) is 11.5 Å². The van der Waals surface area contributed by atoms with Crippen LogP contribution in [0.2, 0.25) is 0 Å². The average Bonchev–Trinajstić information content (AvgIpc) is 2.58. The monoisotopic (exact) mass is 417 g/mol. The zero-order valence-electron chi connectivity index (χ0n) is 15.7. The summed E-state index contributed by atoms with van der Waals surface area (Å²) in [5.41, 5.74) is 1.64. The molecule has 0 aromatic heterocycles. The van der Waals surface area contributed by atoms with Gasteiger partial charge in [0.15, 0.2) is 0 Å². The lowest BCUT2D eigenvalue weighted by Crippen LogP contribution is -2.24. The molecule has 2 aromatic carbocycles. The highest BCUT2D eigenvalue weighted by Crippen LogP contribution is 2.25. The molecule has 0 unspecified atom stereocenters. The van der Waals surface area contributed by atoms with E-state index in [1.54, 1.807) is 6.07 Å². The molecule has 0 atom stereocenters. The van der Waals surface area contributed by atoms with Crippen LogP contribution in [0.15, 0.2) is 47.4 Å². The van der Waals surface area contributed by atoms with Crippen molar-refractivity contribution in [3.8, 4) is 11.5 Å². The molecule has 0 saturated carbocycles. The Morgan fingerprint density at radius 3 is 2.29 bits per heavy atom. The Morgan fingerprint density at radius 2 is 1.71 bits per heavy atom. The van der Waals surface area contributed by atoms with Gasteiger partial charge in [-0.2, -0.15) is 0 Å². The highest BCUT2D eigenvalue weighted by molar-refractivity contribution is 7.89. The fourth-order valence-electron chi connectivity index (χ4n) is 2.28. The lowest BCUT2D eigenvalue weighted by Gasteiger charge is -2.15. The van der Waals surface area contributed by atoms with Crippen LogP contribution in [0.1, 0.15) is 25.0 Å². The van der Waals surface area contributed by atoms with Gasteiger partial charge in [-0.3, -0.25) is 0 Å². The smallest absolute Gasteiger partial charge is 0.493 e. The zero-order valence-corrected chi connectivity index (χ0v) is 16.5. The van der Waals surface area contributed by atoms with Gasteiger partial charge in [-0.15, -0.1) is 13.2 Å². The first-order valence-corrected chi connectivity index (χ1v) is 10.0. The standard InChI is InChI=1S/C19H22F3NO4S/c1-13(2)12-26-18-10-14(3)4-5-15(18)11-23-28(24,25)17-8-6-16(7-9-17)27-19(20,21)22/h4-10,13,23H,11-12H2,1-3H3. The minimum atomic E-state index is -4.84. The SMILES string of the molecule is Cc1ccc(CNS(=O)(=O)c2ccc(OC(F)(F)F)cc2)c(OCC(C)C)c1. The summed E-state index contributed by atoms with van der Waals surface area (Å²) in [6.45, 7) is 6.39. The zero-order chi connectivity index (χ0) is 20.9. The molecule has 0 spiro atoms. The molecule has 0 aliphatic heterocycles. The van der Waals surface area contributed by atoms with Crippen molar-refractivity contribution < 1.29 is 31.1 Å². The van der Waals surface area contributed by atoms with Gasteiger partial charge in [0, 0.05) is 12.1 Å². The number of alkyl halides is 3. The van der Waals surface area contributed by atoms with Crippen molar-refractivity contribution in [2.75, 3.05) is 6.61 Å². The normalized spacial score (nSPS) is 12.2. The van der Waals surface area contributed by atoms with Gasteiger partial charge in [-0.25, -0.2) is 13.1 Å². The predicted molar refractivity (Wildman–Crippen MR) is 98.7 cm³/mol. The van der Waals surface area contributed by atoms with E-state index in [9.17, 15) is 21.6 Å². The van der Waals surface area contributed by atoms with Crippen molar-refractivity contribution in [2.45, 2.75) is 38.6 Å². The molecule has 5 nitrogen and oxygen atoms in total. The Hall–Kier alpha value is -2.26. The number of rotatable bonds is 8. The van der Waals surface area contributed by atoms with Gasteiger partial charge < -0.3 is 9.47 Å². The summed E-state index contributed by atoms with van der Waals surface area (Å²) in [7, 11) is -3.92. The lowest BCUT2D eigenvalue weighted by molar-refractivity contribution is -0.274. The number of benzene rings is 2. The van der Waals surface area contributed by atoms with Crippen LogP contribution in [0.4, 0.5) is 13.2 Å². The van der Waals surface area contributed by atoms with Crippen LogP contribution >= 0.6 is 0 Å². The Labute approximate surface area is 162 Å². The van der Waals surface area contributed by atoms with Crippen molar-refractivity contribution >= 4 is 10.0 Å². The van der Waals surface area contributed by atoms with Gasteiger partial charge in [0.25, 0.3) is 0 Å². The summed E-state index contributed by atoms with van der Waals surface area (Å²) in [5.74, 6) is 0.405. The van der Waals surface area contributed by atoms with E-state index >= 15 is 0 Å². The average molecular weight is 417 g/mol. The molecule has 0 saturated heterocycles. The minimum absolute atomic E-state index is 0.0170. The second kappa shape index (κ2) is 8.83. The Kier molecular flexibility index (Phi) is 6.95. The third-order valence-corrected chi connectivity index (χ3v) is 5.03. The van der Waals surface area contributed by atoms with Gasteiger partial charge in [-0.1, -0.05) is 26.0 Å². The molecule has 1 N–H and O–H groups in total. The molecule has 9 heteroatoms. The molecule has 28 heavy (non-hydrogen) atoms. The Balaban J connectivity index is 2.11. The molecular formula is C19H22F3NO4S. The van der Waals surface area contributed by atoms with Gasteiger partial charge in [0.05, 0.1) is 11.5 Å². The van der Waals surface area contributed by atoms with Gasteiger partial charge in [-0.05, 0) is 48.7 Å². The highest BCUT2D eigenvalue weighted by Gasteiger charge is 2.31. The molecular weight excluding hydrogens is 395 g/mol. The fourth-order valence-corrected chi connectivity index (χ4v) is 3.28. The third-order valence-electron chi connectivity index (χ3n) is 3.62. The van der Waals surface area contributed by atoms with E-state index < -0.39 is 22.1 Å². The van der Waals surface area contributed by atoms with Crippen molar-refractivity contribution in [1.82, 2.24) is 4.72 Å². The highest BCUT2D eigenvalue weighted by atomic mass is 32.2. The molecule has 0 aliphatic carbocycles. The van der Waals surface area contributed by atoms with Crippen LogP contribution in [-0.4, -0.2) is 21.4 Å². The second-order valence-corrected chi connectivity index (χ2v) is 8.43. The lowest BCUT2D eigenvalue weighted by atomic mass is 10.1. The maximum atomic E-state index is 12.4. The van der Waals surface area contributed by atoms with Crippen molar-refractivity contribution in [2.24, 2.45) is 5.92 Å². The van der Waals surface area contributed by atoms with E-state index in [4.69, 9.17) is 4.74 Å². The van der Waals surface area contributed by atoms with E-state index in [2.05, 4.69) is 9.46 Å². The summed E-state index contributed by atoms with van der Waals surface area (Å²) in [6.07, 6.45) is -4.84. The van der Waals surface area contributed by atoms with Gasteiger partial charge >= 0.3 is 6.36 Å². The van der Waals surface area contributed by atoms with Crippen molar-refractivity contribution in [1.29, 1.82) is 0 Å². The molecule has 0 heterocycles. The molecule has 0 bridgehead atoms. The van der Waals surface area contributed by atoms with Gasteiger partial charge in [0.1, 0.15) is 11.5 Å². The van der Waals surface area contributed by atoms with Crippen LogP contribution < -0.4 is 14.2 Å². The number of ether oxygens (including phenoxy) is 2. The first-order chi connectivity index (χ1) is 13.0. The molecule has 2 aromatic rings. The molecule has 0 radical (unpaired) electrons. The number of hydrogen-bond acceptors (Lipinski definition) is 4. The Morgan fingerprint density at radius 1 is 1.07 bits per heavy atom. The van der Waals surface area contributed by atoms with Crippen LogP contribution in [-0.2, 0) is 16.6 Å². The van der Waals surface area contributed by atoms with Crippen molar-refractivity contribution in [3.05, 3.63) is 53.6 Å². The third kappa shape index (κ3) is 6.72. The number of aryl methyl sites for hydroxylation is 1. The fraction of sp³-hybridized carbons (Fsp3) is 0.368. The topological polar surface area (TPSA) is 64.6 Å². The second-order valence-electron chi connectivity index (χ2n) is 6.66. The predicted octanol–water partition coefficient (Wildman–Crippen LogP) is 4.41. The molecule has 0 aliphatic rings. The van der Waals surface area contributed by atoms with Gasteiger partial charge in [0.2, 0.25) is 10.0 Å². The molecule has 2 rings (SSSR count). The first kappa shape index (κ1) is 22.0. The first-order valence-electron chi connectivity index (χ1n) is 8.54. The van der Waals surface area contributed by atoms with E-state index in [0.717, 1.165) is 29.8 Å². The quantitative estimate of drug-likeness (QED) is 0.691. The number of sulfonamides is 1. The van der Waals surface area contributed by atoms with E-state index in [1.165, 1.54) is 0 Å². The Bertz CT molecular complexity index is 894. The minimum Gasteiger partial charge on any atom is -0.493 e. The summed E-state index contributed by atoms with van der Waals surface area (Å²) >= 11 is 0. The van der Waals surface area contributed by atoms with Crippen LogP contribution in [0.25, 0.3) is 0 Å². The van der Waals surface area contributed by atoms with Crippen molar-refractivity contribution in [3.63, 3.8) is 0 Å². The summed E-state index contributed by atoms with van der Waals surface area (Å²) < 4.78 is 73.4. The largest absolute Gasteiger partial charge is 0.573 e. The van der Waals surface area contributed by atoms with Crippen LogP contribution in [0, 0.1) is 12.8 Å².